The third-order valence-corrected chi connectivity index (χ3v) is 4.09. The van der Waals surface area contributed by atoms with Crippen LogP contribution in [0.4, 0.5) is 11.4 Å². The van der Waals surface area contributed by atoms with E-state index in [1.54, 1.807) is 0 Å². The van der Waals surface area contributed by atoms with Crippen LogP contribution in [-0.2, 0) is 0 Å². The zero-order valence-corrected chi connectivity index (χ0v) is 11.3. The molecule has 1 saturated carbocycles. The highest BCUT2D eigenvalue weighted by Crippen LogP contribution is 2.30. The Labute approximate surface area is 112 Å². The molecular formula is C14H20N4O. The van der Waals surface area contributed by atoms with E-state index in [2.05, 4.69) is 22.3 Å². The number of fused-ring (bicyclic) bond motifs is 1. The fraction of sp³-hybridized carbons (Fsp3) is 0.571. The van der Waals surface area contributed by atoms with E-state index >= 15 is 0 Å². The third-order valence-electron chi connectivity index (χ3n) is 4.09. The van der Waals surface area contributed by atoms with Crippen LogP contribution in [0, 0.1) is 5.92 Å². The van der Waals surface area contributed by atoms with Crippen LogP contribution >= 0.6 is 0 Å². The van der Waals surface area contributed by atoms with Crippen LogP contribution in [0.25, 0.3) is 11.0 Å². The lowest BCUT2D eigenvalue weighted by Crippen LogP contribution is -2.27. The molecule has 0 unspecified atom stereocenters. The first kappa shape index (κ1) is 12.3. The Balaban J connectivity index is 1.82. The van der Waals surface area contributed by atoms with Crippen molar-refractivity contribution < 1.29 is 4.63 Å². The molecule has 5 heteroatoms. The van der Waals surface area contributed by atoms with Gasteiger partial charge in [-0.25, -0.2) is 4.63 Å². The van der Waals surface area contributed by atoms with Crippen LogP contribution in [0.15, 0.2) is 16.8 Å². The van der Waals surface area contributed by atoms with Crippen molar-refractivity contribution >= 4 is 22.4 Å². The van der Waals surface area contributed by atoms with Crippen molar-refractivity contribution in [2.45, 2.75) is 32.1 Å². The molecule has 0 amide bonds. The Bertz CT molecular complexity index is 560. The molecule has 19 heavy (non-hydrogen) atoms. The molecule has 1 aliphatic rings. The van der Waals surface area contributed by atoms with Gasteiger partial charge >= 0.3 is 0 Å². The van der Waals surface area contributed by atoms with Crippen molar-refractivity contribution in [3.05, 3.63) is 12.1 Å². The quantitative estimate of drug-likeness (QED) is 0.859. The summed E-state index contributed by atoms with van der Waals surface area (Å²) in [4.78, 5) is 2.25. The third kappa shape index (κ3) is 2.37. The van der Waals surface area contributed by atoms with Gasteiger partial charge in [0.05, 0.1) is 11.4 Å². The topological polar surface area (TPSA) is 68.2 Å². The molecule has 2 aromatic rings. The van der Waals surface area contributed by atoms with E-state index in [1.165, 1.54) is 32.1 Å². The summed E-state index contributed by atoms with van der Waals surface area (Å²) in [5.41, 5.74) is 8.96. The van der Waals surface area contributed by atoms with Crippen LogP contribution in [-0.4, -0.2) is 23.9 Å². The van der Waals surface area contributed by atoms with Gasteiger partial charge in [0.15, 0.2) is 11.0 Å². The van der Waals surface area contributed by atoms with E-state index in [4.69, 9.17) is 10.4 Å². The van der Waals surface area contributed by atoms with Gasteiger partial charge in [0, 0.05) is 13.6 Å². The second kappa shape index (κ2) is 5.07. The lowest BCUT2D eigenvalue weighted by atomic mass is 9.89. The Morgan fingerprint density at radius 2 is 1.95 bits per heavy atom. The predicted molar refractivity (Wildman–Crippen MR) is 76.1 cm³/mol. The molecule has 2 N–H and O–H groups in total. The summed E-state index contributed by atoms with van der Waals surface area (Å²) in [7, 11) is 2.11. The maximum absolute atomic E-state index is 5.87. The summed E-state index contributed by atoms with van der Waals surface area (Å²) < 4.78 is 4.82. The second-order valence-electron chi connectivity index (χ2n) is 5.52. The Morgan fingerprint density at radius 3 is 2.74 bits per heavy atom. The minimum atomic E-state index is 0.617. The molecule has 0 atom stereocenters. The maximum atomic E-state index is 5.87. The predicted octanol–water partition coefficient (Wildman–Crippen LogP) is 2.82. The van der Waals surface area contributed by atoms with E-state index in [-0.39, 0.29) is 0 Å². The van der Waals surface area contributed by atoms with Gasteiger partial charge in [-0.1, -0.05) is 19.3 Å². The molecule has 1 fully saturated rings. The summed E-state index contributed by atoms with van der Waals surface area (Å²) in [5.74, 6) is 0.784. The Kier molecular flexibility index (Phi) is 3.27. The number of benzene rings is 1. The number of nitrogens with two attached hydrogens (primary N) is 1. The Morgan fingerprint density at radius 1 is 1.21 bits per heavy atom. The van der Waals surface area contributed by atoms with Gasteiger partial charge in [-0.3, -0.25) is 0 Å². The molecule has 1 aliphatic carbocycles. The van der Waals surface area contributed by atoms with Crippen molar-refractivity contribution in [1.82, 2.24) is 10.3 Å². The standard InChI is InChI=1S/C14H20N4O/c1-18(9-10-5-3-2-4-6-10)12-8-7-11(15)13-14(12)17-19-16-13/h7-8,10H,2-6,9,15H2,1H3. The molecule has 0 radical (unpaired) electrons. The van der Waals surface area contributed by atoms with E-state index in [1.807, 2.05) is 12.1 Å². The van der Waals surface area contributed by atoms with Gasteiger partial charge in [-0.15, -0.1) is 0 Å². The molecule has 0 bridgehead atoms. The molecule has 0 aliphatic heterocycles. The fourth-order valence-electron chi connectivity index (χ4n) is 3.04. The summed E-state index contributed by atoms with van der Waals surface area (Å²) in [6.45, 7) is 1.06. The maximum Gasteiger partial charge on any atom is 0.160 e. The zero-order valence-electron chi connectivity index (χ0n) is 11.3. The van der Waals surface area contributed by atoms with Gasteiger partial charge in [0.1, 0.15) is 0 Å². The lowest BCUT2D eigenvalue weighted by Gasteiger charge is -2.28. The van der Waals surface area contributed by atoms with Crippen molar-refractivity contribution in [2.24, 2.45) is 5.92 Å². The van der Waals surface area contributed by atoms with Gasteiger partial charge in [0.25, 0.3) is 0 Å². The summed E-state index contributed by atoms with van der Waals surface area (Å²) in [6.07, 6.45) is 6.78. The van der Waals surface area contributed by atoms with Crippen molar-refractivity contribution in [3.8, 4) is 0 Å². The molecule has 0 spiro atoms. The minimum Gasteiger partial charge on any atom is -0.397 e. The SMILES string of the molecule is CN(CC1CCCCC1)c1ccc(N)c2nonc12. The van der Waals surface area contributed by atoms with E-state index in [0.717, 1.165) is 23.7 Å². The number of anilines is 2. The number of aromatic nitrogens is 2. The highest BCUT2D eigenvalue weighted by atomic mass is 16.6. The average Bonchev–Trinajstić information content (AvgIpc) is 2.90. The normalized spacial score (nSPS) is 16.9. The van der Waals surface area contributed by atoms with Crippen LogP contribution in [0.2, 0.25) is 0 Å². The van der Waals surface area contributed by atoms with Crippen molar-refractivity contribution in [2.75, 3.05) is 24.2 Å². The summed E-state index contributed by atoms with van der Waals surface area (Å²) in [5, 5.41) is 7.86. The summed E-state index contributed by atoms with van der Waals surface area (Å²) >= 11 is 0. The first-order valence-electron chi connectivity index (χ1n) is 6.97. The van der Waals surface area contributed by atoms with Gasteiger partial charge in [0.2, 0.25) is 0 Å². The average molecular weight is 260 g/mol. The molecule has 3 rings (SSSR count). The molecule has 102 valence electrons. The first-order valence-corrected chi connectivity index (χ1v) is 6.97. The van der Waals surface area contributed by atoms with Crippen LogP contribution in [0.1, 0.15) is 32.1 Å². The van der Waals surface area contributed by atoms with E-state index in [9.17, 15) is 0 Å². The Hall–Kier alpha value is -1.78. The molecule has 0 saturated heterocycles. The van der Waals surface area contributed by atoms with Gasteiger partial charge < -0.3 is 10.6 Å². The molecule has 1 aromatic carbocycles. The van der Waals surface area contributed by atoms with Gasteiger partial charge in [-0.05, 0) is 41.2 Å². The molecule has 5 nitrogen and oxygen atoms in total. The van der Waals surface area contributed by atoms with Gasteiger partial charge in [-0.2, -0.15) is 0 Å². The van der Waals surface area contributed by atoms with Crippen molar-refractivity contribution in [3.63, 3.8) is 0 Å². The molecule has 1 aromatic heterocycles. The van der Waals surface area contributed by atoms with Crippen LogP contribution in [0.5, 0.6) is 0 Å². The number of rotatable bonds is 3. The van der Waals surface area contributed by atoms with Crippen LogP contribution < -0.4 is 10.6 Å². The monoisotopic (exact) mass is 260 g/mol. The molecule has 1 heterocycles. The van der Waals surface area contributed by atoms with Crippen molar-refractivity contribution in [1.29, 1.82) is 0 Å². The van der Waals surface area contributed by atoms with E-state index in [0.29, 0.717) is 11.2 Å². The second-order valence-corrected chi connectivity index (χ2v) is 5.52. The highest BCUT2D eigenvalue weighted by molar-refractivity contribution is 5.95. The lowest BCUT2D eigenvalue weighted by molar-refractivity contribution is 0.315. The number of hydrogen-bond acceptors (Lipinski definition) is 5. The summed E-state index contributed by atoms with van der Waals surface area (Å²) in [6, 6.07) is 3.88. The number of nitrogens with zero attached hydrogens (tertiary/aromatic N) is 3. The van der Waals surface area contributed by atoms with E-state index < -0.39 is 0 Å². The molecular weight excluding hydrogens is 240 g/mol. The number of nitrogen functional groups attached to an aromatic ring is 1. The largest absolute Gasteiger partial charge is 0.397 e. The van der Waals surface area contributed by atoms with Crippen LogP contribution in [0.3, 0.4) is 0 Å². The fourth-order valence-corrected chi connectivity index (χ4v) is 3.04. The number of hydrogen-bond donors (Lipinski definition) is 1. The smallest absolute Gasteiger partial charge is 0.160 e. The highest BCUT2D eigenvalue weighted by Gasteiger charge is 2.18. The minimum absolute atomic E-state index is 0.617. The first-order chi connectivity index (χ1) is 9.25. The zero-order chi connectivity index (χ0) is 13.2.